The Morgan fingerprint density at radius 2 is 2.23 bits per heavy atom. The van der Waals surface area contributed by atoms with E-state index >= 15 is 0 Å². The Balaban J connectivity index is 3.43. The fourth-order valence-electron chi connectivity index (χ4n) is 0.819. The van der Waals surface area contributed by atoms with Crippen molar-refractivity contribution in [1.29, 1.82) is 5.26 Å². The van der Waals surface area contributed by atoms with Gasteiger partial charge in [-0.3, -0.25) is 0 Å². The van der Waals surface area contributed by atoms with Crippen LogP contribution in [0.5, 0.6) is 0 Å². The van der Waals surface area contributed by atoms with Crippen molar-refractivity contribution in [1.82, 2.24) is 4.98 Å². The molecule has 0 atom stereocenters. The van der Waals surface area contributed by atoms with Crippen LogP contribution in [0.15, 0.2) is 10.7 Å². The lowest BCUT2D eigenvalue weighted by Crippen LogP contribution is -1.99. The molecule has 68 valence electrons. The maximum atomic E-state index is 12.4. The standard InChI is InChI=1S/C7H4BrF2N3/c8-5-4(6(9)10)3(1-11)2-13-7(5)12/h2,6H,(H2,12,13). The van der Waals surface area contributed by atoms with E-state index in [1.54, 1.807) is 6.07 Å². The summed E-state index contributed by atoms with van der Waals surface area (Å²) in [5.41, 5.74) is 4.70. The van der Waals surface area contributed by atoms with Crippen molar-refractivity contribution in [2.75, 3.05) is 5.73 Å². The van der Waals surface area contributed by atoms with Crippen LogP contribution in [0.25, 0.3) is 0 Å². The molecule has 1 aromatic rings. The van der Waals surface area contributed by atoms with Gasteiger partial charge in [0.2, 0.25) is 0 Å². The van der Waals surface area contributed by atoms with Crippen LogP contribution in [0, 0.1) is 11.3 Å². The lowest BCUT2D eigenvalue weighted by Gasteiger charge is -2.06. The summed E-state index contributed by atoms with van der Waals surface area (Å²) in [4.78, 5) is 3.57. The smallest absolute Gasteiger partial charge is 0.266 e. The lowest BCUT2D eigenvalue weighted by atomic mass is 10.1. The number of rotatable bonds is 1. The van der Waals surface area contributed by atoms with Gasteiger partial charge in [-0.15, -0.1) is 0 Å². The van der Waals surface area contributed by atoms with E-state index in [0.717, 1.165) is 6.20 Å². The number of nitrogen functional groups attached to an aromatic ring is 1. The molecule has 6 heteroatoms. The zero-order valence-corrected chi connectivity index (χ0v) is 7.85. The van der Waals surface area contributed by atoms with Gasteiger partial charge in [-0.2, -0.15) is 5.26 Å². The molecule has 13 heavy (non-hydrogen) atoms. The molecular formula is C7H4BrF2N3. The third-order valence-corrected chi connectivity index (χ3v) is 2.26. The Labute approximate surface area is 81.3 Å². The first-order valence-corrected chi connectivity index (χ1v) is 3.99. The van der Waals surface area contributed by atoms with Gasteiger partial charge in [0.1, 0.15) is 11.9 Å². The Kier molecular flexibility index (Phi) is 2.78. The summed E-state index contributed by atoms with van der Waals surface area (Å²) in [6, 6.07) is 1.62. The zero-order valence-electron chi connectivity index (χ0n) is 6.26. The van der Waals surface area contributed by atoms with Crippen molar-refractivity contribution in [2.45, 2.75) is 6.43 Å². The predicted molar refractivity (Wildman–Crippen MR) is 46.0 cm³/mol. The normalized spacial score (nSPS) is 10.1. The number of alkyl halides is 2. The quantitative estimate of drug-likeness (QED) is 0.828. The summed E-state index contributed by atoms with van der Waals surface area (Å²) >= 11 is 2.85. The van der Waals surface area contributed by atoms with Crippen LogP contribution in [-0.4, -0.2) is 4.98 Å². The number of anilines is 1. The second kappa shape index (κ2) is 3.66. The minimum absolute atomic E-state index is 0.0125. The van der Waals surface area contributed by atoms with Crippen LogP contribution in [0.3, 0.4) is 0 Å². The molecule has 0 saturated heterocycles. The Morgan fingerprint density at radius 3 is 2.69 bits per heavy atom. The minimum atomic E-state index is -2.74. The van der Waals surface area contributed by atoms with E-state index in [1.807, 2.05) is 0 Å². The van der Waals surface area contributed by atoms with Gasteiger partial charge in [0.05, 0.1) is 15.6 Å². The third-order valence-electron chi connectivity index (χ3n) is 1.42. The summed E-state index contributed by atoms with van der Waals surface area (Å²) in [5, 5.41) is 8.50. The van der Waals surface area contributed by atoms with E-state index in [0.29, 0.717) is 0 Å². The van der Waals surface area contributed by atoms with Gasteiger partial charge in [-0.1, -0.05) is 0 Å². The largest absolute Gasteiger partial charge is 0.383 e. The highest BCUT2D eigenvalue weighted by Gasteiger charge is 2.19. The molecule has 0 bridgehead atoms. The second-order valence-corrected chi connectivity index (χ2v) is 2.99. The minimum Gasteiger partial charge on any atom is -0.383 e. The third kappa shape index (κ3) is 1.75. The molecule has 0 radical (unpaired) electrons. The number of nitrogens with zero attached hydrogens (tertiary/aromatic N) is 2. The van der Waals surface area contributed by atoms with Gasteiger partial charge in [0.25, 0.3) is 6.43 Å². The van der Waals surface area contributed by atoms with Crippen molar-refractivity contribution in [3.8, 4) is 6.07 Å². The first kappa shape index (κ1) is 9.86. The number of nitriles is 1. The van der Waals surface area contributed by atoms with Crippen molar-refractivity contribution >= 4 is 21.7 Å². The molecule has 0 aliphatic carbocycles. The van der Waals surface area contributed by atoms with Crippen molar-refractivity contribution < 1.29 is 8.78 Å². The molecule has 2 N–H and O–H groups in total. The van der Waals surface area contributed by atoms with Gasteiger partial charge in [-0.25, -0.2) is 13.8 Å². The summed E-state index contributed by atoms with van der Waals surface area (Å²) in [7, 11) is 0. The van der Waals surface area contributed by atoms with Crippen LogP contribution in [0.4, 0.5) is 14.6 Å². The first-order chi connectivity index (χ1) is 6.07. The van der Waals surface area contributed by atoms with Gasteiger partial charge < -0.3 is 5.73 Å². The summed E-state index contributed by atoms with van der Waals surface area (Å²) in [6.07, 6.45) is -1.71. The van der Waals surface area contributed by atoms with E-state index in [2.05, 4.69) is 20.9 Å². The fraction of sp³-hybridized carbons (Fsp3) is 0.143. The van der Waals surface area contributed by atoms with E-state index in [1.165, 1.54) is 0 Å². The molecule has 0 aromatic carbocycles. The van der Waals surface area contributed by atoms with Crippen LogP contribution in [0.2, 0.25) is 0 Å². The van der Waals surface area contributed by atoms with Gasteiger partial charge in [0.15, 0.2) is 0 Å². The summed E-state index contributed by atoms with van der Waals surface area (Å²) in [6.45, 7) is 0. The molecule has 0 aliphatic heterocycles. The number of hydrogen-bond donors (Lipinski definition) is 1. The van der Waals surface area contributed by atoms with Crippen LogP contribution in [0.1, 0.15) is 17.6 Å². The fourth-order valence-corrected chi connectivity index (χ4v) is 1.31. The number of hydrogen-bond acceptors (Lipinski definition) is 3. The van der Waals surface area contributed by atoms with Crippen molar-refractivity contribution in [2.24, 2.45) is 0 Å². The first-order valence-electron chi connectivity index (χ1n) is 3.20. The van der Waals surface area contributed by atoms with Crippen LogP contribution < -0.4 is 5.73 Å². The average molecular weight is 248 g/mol. The molecule has 0 saturated carbocycles. The van der Waals surface area contributed by atoms with Crippen molar-refractivity contribution in [3.63, 3.8) is 0 Å². The molecule has 3 nitrogen and oxygen atoms in total. The van der Waals surface area contributed by atoms with E-state index in [4.69, 9.17) is 11.0 Å². The molecule has 1 rings (SSSR count). The van der Waals surface area contributed by atoms with Gasteiger partial charge in [0, 0.05) is 6.20 Å². The van der Waals surface area contributed by atoms with E-state index in [-0.39, 0.29) is 15.9 Å². The zero-order chi connectivity index (χ0) is 10.0. The molecule has 0 spiro atoms. The maximum Gasteiger partial charge on any atom is 0.266 e. The monoisotopic (exact) mass is 247 g/mol. The topological polar surface area (TPSA) is 62.7 Å². The predicted octanol–water partition coefficient (Wildman–Crippen LogP) is 2.24. The number of halogens is 3. The Bertz CT molecular complexity index is 373. The van der Waals surface area contributed by atoms with Gasteiger partial charge in [-0.05, 0) is 15.9 Å². The molecule has 1 aromatic heterocycles. The highest BCUT2D eigenvalue weighted by Crippen LogP contribution is 2.32. The summed E-state index contributed by atoms with van der Waals surface area (Å²) in [5.74, 6) is -0.0469. The highest BCUT2D eigenvalue weighted by atomic mass is 79.9. The van der Waals surface area contributed by atoms with E-state index < -0.39 is 12.0 Å². The number of nitrogens with two attached hydrogens (primary N) is 1. The van der Waals surface area contributed by atoms with E-state index in [9.17, 15) is 8.78 Å². The van der Waals surface area contributed by atoms with Crippen LogP contribution >= 0.6 is 15.9 Å². The van der Waals surface area contributed by atoms with Gasteiger partial charge >= 0.3 is 0 Å². The molecule has 0 fully saturated rings. The lowest BCUT2D eigenvalue weighted by molar-refractivity contribution is 0.150. The molecule has 0 amide bonds. The highest BCUT2D eigenvalue weighted by molar-refractivity contribution is 9.10. The molecule has 1 heterocycles. The molecule has 0 unspecified atom stereocenters. The van der Waals surface area contributed by atoms with Crippen LogP contribution in [-0.2, 0) is 0 Å². The molecule has 0 aliphatic rings. The Hall–Kier alpha value is -1.22. The number of aromatic nitrogens is 1. The SMILES string of the molecule is N#Cc1cnc(N)c(Br)c1C(F)F. The Morgan fingerprint density at radius 1 is 1.62 bits per heavy atom. The summed E-state index contributed by atoms with van der Waals surface area (Å²) < 4.78 is 24.8. The number of pyridine rings is 1. The average Bonchev–Trinajstić information content (AvgIpc) is 2.08. The maximum absolute atomic E-state index is 12.4. The second-order valence-electron chi connectivity index (χ2n) is 2.20. The van der Waals surface area contributed by atoms with Crippen molar-refractivity contribution in [3.05, 3.63) is 21.8 Å². The molecular weight excluding hydrogens is 244 g/mol.